The topological polar surface area (TPSA) is 21.3 Å². The molecular formula is C17H29NO. The Balaban J connectivity index is 2.64. The van der Waals surface area contributed by atoms with E-state index in [1.54, 1.807) is 0 Å². The van der Waals surface area contributed by atoms with Crippen molar-refractivity contribution < 1.29 is 4.74 Å². The quantitative estimate of drug-likeness (QED) is 0.673. The van der Waals surface area contributed by atoms with Crippen LogP contribution < -0.4 is 5.32 Å². The molecule has 0 saturated carbocycles. The summed E-state index contributed by atoms with van der Waals surface area (Å²) in [7, 11) is 0. The van der Waals surface area contributed by atoms with Crippen LogP contribution >= 0.6 is 0 Å². The summed E-state index contributed by atoms with van der Waals surface area (Å²) in [5, 5.41) is 3.47. The van der Waals surface area contributed by atoms with Crippen LogP contribution in [0.4, 0.5) is 0 Å². The Kier molecular flexibility index (Phi) is 7.76. The molecule has 2 unspecified atom stereocenters. The summed E-state index contributed by atoms with van der Waals surface area (Å²) in [6.45, 7) is 10.6. The van der Waals surface area contributed by atoms with Crippen molar-refractivity contribution >= 4 is 0 Å². The fourth-order valence-electron chi connectivity index (χ4n) is 2.19. The number of hydrogen-bond acceptors (Lipinski definition) is 2. The van der Waals surface area contributed by atoms with Gasteiger partial charge < -0.3 is 10.1 Å². The fourth-order valence-corrected chi connectivity index (χ4v) is 2.19. The zero-order chi connectivity index (χ0) is 14.1. The third-order valence-electron chi connectivity index (χ3n) is 3.30. The lowest BCUT2D eigenvalue weighted by Crippen LogP contribution is -2.26. The molecular weight excluding hydrogens is 234 g/mol. The minimum Gasteiger partial charge on any atom is -0.369 e. The number of nitrogens with one attached hydrogen (secondary N) is 1. The fraction of sp³-hybridized carbons (Fsp3) is 0.647. The van der Waals surface area contributed by atoms with Crippen LogP contribution in [0.15, 0.2) is 24.3 Å². The lowest BCUT2D eigenvalue weighted by atomic mass is 10.1. The second-order valence-electron chi connectivity index (χ2n) is 5.34. The number of hydrogen-bond donors (Lipinski definition) is 1. The van der Waals surface area contributed by atoms with Gasteiger partial charge in [-0.2, -0.15) is 0 Å². The molecule has 0 aliphatic carbocycles. The zero-order valence-electron chi connectivity index (χ0n) is 12.9. The number of rotatable bonds is 9. The first-order chi connectivity index (χ1) is 9.17. The van der Waals surface area contributed by atoms with E-state index in [2.05, 4.69) is 57.3 Å². The monoisotopic (exact) mass is 263 g/mol. The van der Waals surface area contributed by atoms with Gasteiger partial charge in [0, 0.05) is 6.54 Å². The van der Waals surface area contributed by atoms with Gasteiger partial charge in [0.25, 0.3) is 0 Å². The Hall–Kier alpha value is -0.860. The third-order valence-corrected chi connectivity index (χ3v) is 3.30. The summed E-state index contributed by atoms with van der Waals surface area (Å²) in [5.41, 5.74) is 2.57. The molecule has 0 amide bonds. The molecule has 1 rings (SSSR count). The highest BCUT2D eigenvalue weighted by molar-refractivity contribution is 5.23. The second-order valence-corrected chi connectivity index (χ2v) is 5.34. The molecule has 1 N–H and O–H groups in total. The maximum atomic E-state index is 6.20. The summed E-state index contributed by atoms with van der Waals surface area (Å²) in [4.78, 5) is 0. The van der Waals surface area contributed by atoms with E-state index in [0.29, 0.717) is 6.10 Å². The summed E-state index contributed by atoms with van der Waals surface area (Å²) >= 11 is 0. The van der Waals surface area contributed by atoms with E-state index in [9.17, 15) is 0 Å². The first-order valence-corrected chi connectivity index (χ1v) is 7.60. The van der Waals surface area contributed by atoms with Crippen LogP contribution in [0.2, 0.25) is 0 Å². The molecule has 1 aromatic rings. The zero-order valence-corrected chi connectivity index (χ0v) is 12.9. The van der Waals surface area contributed by atoms with E-state index in [1.165, 1.54) is 17.5 Å². The van der Waals surface area contributed by atoms with Crippen LogP contribution in [0.5, 0.6) is 0 Å². The first-order valence-electron chi connectivity index (χ1n) is 7.60. The van der Waals surface area contributed by atoms with Crippen molar-refractivity contribution in [3.05, 3.63) is 35.4 Å². The SMILES string of the molecule is CCCNCC(OC(C)CCC)c1ccc(C)cc1. The average molecular weight is 263 g/mol. The molecule has 0 aliphatic rings. The van der Waals surface area contributed by atoms with Crippen LogP contribution in [0.1, 0.15) is 57.3 Å². The van der Waals surface area contributed by atoms with Gasteiger partial charge in [0.05, 0.1) is 12.2 Å². The van der Waals surface area contributed by atoms with Crippen molar-refractivity contribution in [1.82, 2.24) is 5.32 Å². The molecule has 0 fully saturated rings. The maximum absolute atomic E-state index is 6.20. The molecule has 0 aliphatic heterocycles. The van der Waals surface area contributed by atoms with Gasteiger partial charge in [-0.15, -0.1) is 0 Å². The predicted octanol–water partition coefficient (Wildman–Crippen LogP) is 4.24. The largest absolute Gasteiger partial charge is 0.369 e. The first kappa shape index (κ1) is 16.2. The summed E-state index contributed by atoms with van der Waals surface area (Å²) in [5.74, 6) is 0. The normalized spacial score (nSPS) is 14.3. The average Bonchev–Trinajstić information content (AvgIpc) is 2.39. The standard InChI is InChI=1S/C17H29NO/c1-5-7-15(4)19-17(13-18-12-6-2)16-10-8-14(3)9-11-16/h8-11,15,17-18H,5-7,12-13H2,1-4H3. The highest BCUT2D eigenvalue weighted by Gasteiger charge is 2.14. The Bertz CT molecular complexity index is 334. The molecule has 0 spiro atoms. The maximum Gasteiger partial charge on any atom is 0.0952 e. The van der Waals surface area contributed by atoms with E-state index in [0.717, 1.165) is 25.9 Å². The van der Waals surface area contributed by atoms with Gasteiger partial charge in [0.1, 0.15) is 0 Å². The number of aryl methyl sites for hydroxylation is 1. The molecule has 0 radical (unpaired) electrons. The van der Waals surface area contributed by atoms with Crippen molar-refractivity contribution in [2.75, 3.05) is 13.1 Å². The summed E-state index contributed by atoms with van der Waals surface area (Å²) < 4.78 is 6.20. The van der Waals surface area contributed by atoms with Crippen LogP contribution in [0.25, 0.3) is 0 Å². The molecule has 2 nitrogen and oxygen atoms in total. The highest BCUT2D eigenvalue weighted by Crippen LogP contribution is 2.20. The Morgan fingerprint density at radius 2 is 1.79 bits per heavy atom. The molecule has 2 heteroatoms. The van der Waals surface area contributed by atoms with Gasteiger partial charge in [0.2, 0.25) is 0 Å². The highest BCUT2D eigenvalue weighted by atomic mass is 16.5. The summed E-state index contributed by atoms with van der Waals surface area (Å²) in [6, 6.07) is 8.70. The lowest BCUT2D eigenvalue weighted by molar-refractivity contribution is -0.00712. The van der Waals surface area contributed by atoms with Crippen molar-refractivity contribution in [2.24, 2.45) is 0 Å². The number of ether oxygens (including phenoxy) is 1. The van der Waals surface area contributed by atoms with Crippen molar-refractivity contribution in [3.63, 3.8) is 0 Å². The van der Waals surface area contributed by atoms with E-state index in [-0.39, 0.29) is 6.10 Å². The Morgan fingerprint density at radius 1 is 1.11 bits per heavy atom. The molecule has 1 aromatic carbocycles. The van der Waals surface area contributed by atoms with E-state index < -0.39 is 0 Å². The third kappa shape index (κ3) is 6.22. The van der Waals surface area contributed by atoms with Crippen LogP contribution in [0, 0.1) is 6.92 Å². The van der Waals surface area contributed by atoms with Gasteiger partial charge in [0.15, 0.2) is 0 Å². The minimum atomic E-state index is 0.161. The van der Waals surface area contributed by atoms with Gasteiger partial charge in [-0.05, 0) is 38.8 Å². The second kappa shape index (κ2) is 9.11. The van der Waals surface area contributed by atoms with Gasteiger partial charge in [-0.25, -0.2) is 0 Å². The predicted molar refractivity (Wildman–Crippen MR) is 82.5 cm³/mol. The molecule has 0 bridgehead atoms. The van der Waals surface area contributed by atoms with Gasteiger partial charge >= 0.3 is 0 Å². The minimum absolute atomic E-state index is 0.161. The van der Waals surface area contributed by atoms with Crippen LogP contribution in [-0.4, -0.2) is 19.2 Å². The molecule has 19 heavy (non-hydrogen) atoms. The van der Waals surface area contributed by atoms with E-state index in [1.807, 2.05) is 0 Å². The summed E-state index contributed by atoms with van der Waals surface area (Å²) in [6.07, 6.45) is 3.93. The molecule has 0 heterocycles. The smallest absolute Gasteiger partial charge is 0.0952 e. The van der Waals surface area contributed by atoms with Crippen LogP contribution in [0.3, 0.4) is 0 Å². The van der Waals surface area contributed by atoms with E-state index in [4.69, 9.17) is 4.74 Å². The van der Waals surface area contributed by atoms with Crippen LogP contribution in [-0.2, 0) is 4.74 Å². The van der Waals surface area contributed by atoms with Crippen molar-refractivity contribution in [3.8, 4) is 0 Å². The molecule has 2 atom stereocenters. The van der Waals surface area contributed by atoms with Crippen molar-refractivity contribution in [1.29, 1.82) is 0 Å². The lowest BCUT2D eigenvalue weighted by Gasteiger charge is -2.23. The van der Waals surface area contributed by atoms with Gasteiger partial charge in [-0.3, -0.25) is 0 Å². The molecule has 0 aromatic heterocycles. The number of benzene rings is 1. The Morgan fingerprint density at radius 3 is 2.37 bits per heavy atom. The van der Waals surface area contributed by atoms with E-state index >= 15 is 0 Å². The van der Waals surface area contributed by atoms with Crippen molar-refractivity contribution in [2.45, 2.75) is 59.2 Å². The van der Waals surface area contributed by atoms with Gasteiger partial charge in [-0.1, -0.05) is 50.1 Å². The molecule has 108 valence electrons. The molecule has 0 saturated heterocycles. The Labute approximate surface area is 118 Å².